The quantitative estimate of drug-likeness (QED) is 0.771. The molecular formula is C20H24FNO. The Bertz CT molecular complexity index is 647. The van der Waals surface area contributed by atoms with E-state index in [0.717, 1.165) is 61.6 Å². The van der Waals surface area contributed by atoms with E-state index < -0.39 is 0 Å². The minimum Gasteiger partial charge on any atom is -0.492 e. The summed E-state index contributed by atoms with van der Waals surface area (Å²) in [5, 5.41) is 0. The summed E-state index contributed by atoms with van der Waals surface area (Å²) in [4.78, 5) is 2.64. The van der Waals surface area contributed by atoms with E-state index in [0.29, 0.717) is 0 Å². The average molecular weight is 313 g/mol. The lowest BCUT2D eigenvalue weighted by Gasteiger charge is -2.40. The van der Waals surface area contributed by atoms with Gasteiger partial charge < -0.3 is 9.64 Å². The normalized spacial score (nSPS) is 34.0. The van der Waals surface area contributed by atoms with Gasteiger partial charge in [-0.2, -0.15) is 0 Å². The molecule has 2 nitrogen and oxygen atoms in total. The van der Waals surface area contributed by atoms with Crippen molar-refractivity contribution in [2.75, 3.05) is 26.2 Å². The van der Waals surface area contributed by atoms with E-state index in [9.17, 15) is 4.39 Å². The van der Waals surface area contributed by atoms with Crippen molar-refractivity contribution >= 4 is 0 Å². The number of rotatable bonds is 2. The fourth-order valence-electron chi connectivity index (χ4n) is 5.35. The van der Waals surface area contributed by atoms with Gasteiger partial charge in [-0.25, -0.2) is 4.39 Å². The summed E-state index contributed by atoms with van der Waals surface area (Å²) in [6.45, 7) is 4.22. The van der Waals surface area contributed by atoms with Crippen LogP contribution in [0.15, 0.2) is 30.4 Å². The second-order valence-electron chi connectivity index (χ2n) is 8.05. The molecule has 2 fully saturated rings. The summed E-state index contributed by atoms with van der Waals surface area (Å²) in [6, 6.07) is 5.02. The first-order valence-electron chi connectivity index (χ1n) is 9.05. The molecule has 0 aromatic heterocycles. The Morgan fingerprint density at radius 2 is 2.04 bits per heavy atom. The molecule has 3 atom stereocenters. The number of halogens is 1. The Labute approximate surface area is 137 Å². The predicted octanol–water partition coefficient (Wildman–Crippen LogP) is 3.76. The van der Waals surface area contributed by atoms with E-state index in [-0.39, 0.29) is 11.2 Å². The van der Waals surface area contributed by atoms with Crippen molar-refractivity contribution in [3.63, 3.8) is 0 Å². The molecule has 1 saturated carbocycles. The van der Waals surface area contributed by atoms with Gasteiger partial charge >= 0.3 is 0 Å². The van der Waals surface area contributed by atoms with Gasteiger partial charge in [0, 0.05) is 17.5 Å². The minimum atomic E-state index is -0.134. The first-order valence-corrected chi connectivity index (χ1v) is 9.05. The second-order valence-corrected chi connectivity index (χ2v) is 8.05. The molecule has 2 bridgehead atoms. The van der Waals surface area contributed by atoms with Gasteiger partial charge in [-0.05, 0) is 74.7 Å². The number of allylic oxidation sites excluding steroid dienone is 2. The van der Waals surface area contributed by atoms with Crippen LogP contribution in [0.3, 0.4) is 0 Å². The number of benzene rings is 1. The third-order valence-electron chi connectivity index (χ3n) is 6.74. The number of fused-ring (bicyclic) bond motifs is 4. The zero-order valence-electron chi connectivity index (χ0n) is 13.5. The van der Waals surface area contributed by atoms with Crippen molar-refractivity contribution in [1.29, 1.82) is 0 Å². The Morgan fingerprint density at radius 1 is 1.17 bits per heavy atom. The molecule has 1 saturated heterocycles. The molecule has 0 unspecified atom stereocenters. The summed E-state index contributed by atoms with van der Waals surface area (Å²) >= 11 is 0. The molecule has 1 spiro atoms. The Balaban J connectivity index is 1.27. The third kappa shape index (κ3) is 2.24. The summed E-state index contributed by atoms with van der Waals surface area (Å²) in [5.41, 5.74) is 1.17. The minimum absolute atomic E-state index is 0.0581. The molecule has 1 aromatic carbocycles. The van der Waals surface area contributed by atoms with Crippen LogP contribution in [0.4, 0.5) is 4.39 Å². The van der Waals surface area contributed by atoms with E-state index in [1.54, 1.807) is 12.1 Å². The Hall–Kier alpha value is -1.35. The molecule has 0 amide bonds. The lowest BCUT2D eigenvalue weighted by atomic mass is 9.74. The second kappa shape index (κ2) is 5.07. The van der Waals surface area contributed by atoms with Crippen LogP contribution < -0.4 is 4.74 Å². The number of likely N-dealkylation sites (tertiary alicyclic amines) is 1. The molecule has 122 valence electrons. The maximum Gasteiger partial charge on any atom is 0.123 e. The fourth-order valence-corrected chi connectivity index (χ4v) is 5.35. The zero-order valence-corrected chi connectivity index (χ0v) is 13.5. The molecule has 0 N–H and O–H groups in total. The van der Waals surface area contributed by atoms with Gasteiger partial charge in [-0.15, -0.1) is 0 Å². The lowest BCUT2D eigenvalue weighted by Crippen LogP contribution is -2.45. The van der Waals surface area contributed by atoms with Crippen LogP contribution in [-0.4, -0.2) is 31.1 Å². The first kappa shape index (κ1) is 14.0. The Morgan fingerprint density at radius 3 is 2.78 bits per heavy atom. The highest BCUT2D eigenvalue weighted by Gasteiger charge is 2.44. The highest BCUT2D eigenvalue weighted by molar-refractivity contribution is 5.44. The molecule has 0 radical (unpaired) electrons. The maximum absolute atomic E-state index is 13.7. The van der Waals surface area contributed by atoms with Gasteiger partial charge in [-0.1, -0.05) is 12.2 Å². The van der Waals surface area contributed by atoms with Gasteiger partial charge in [-0.3, -0.25) is 0 Å². The van der Waals surface area contributed by atoms with E-state index in [1.165, 1.54) is 25.5 Å². The predicted molar refractivity (Wildman–Crippen MR) is 88.1 cm³/mol. The topological polar surface area (TPSA) is 12.5 Å². The summed E-state index contributed by atoms with van der Waals surface area (Å²) in [6.07, 6.45) is 9.85. The van der Waals surface area contributed by atoms with Gasteiger partial charge in [0.05, 0.1) is 6.61 Å². The first-order chi connectivity index (χ1) is 11.2. The largest absolute Gasteiger partial charge is 0.492 e. The van der Waals surface area contributed by atoms with E-state index in [4.69, 9.17) is 4.74 Å². The molecule has 23 heavy (non-hydrogen) atoms. The van der Waals surface area contributed by atoms with Crippen molar-refractivity contribution < 1.29 is 9.13 Å². The number of nitrogens with zero attached hydrogens (tertiary/aromatic N) is 1. The van der Waals surface area contributed by atoms with Gasteiger partial charge in [0.25, 0.3) is 0 Å². The van der Waals surface area contributed by atoms with E-state index in [1.807, 2.05) is 0 Å². The summed E-state index contributed by atoms with van der Waals surface area (Å²) in [5.74, 6) is 3.33. The average Bonchev–Trinajstić information content (AvgIpc) is 3.25. The van der Waals surface area contributed by atoms with Crippen molar-refractivity contribution in [2.45, 2.75) is 31.1 Å². The molecule has 2 aliphatic carbocycles. The summed E-state index contributed by atoms with van der Waals surface area (Å²) < 4.78 is 19.5. The van der Waals surface area contributed by atoms with Crippen LogP contribution in [0.2, 0.25) is 0 Å². The molecule has 3 heteroatoms. The zero-order chi connectivity index (χ0) is 15.4. The Kier molecular flexibility index (Phi) is 3.09. The maximum atomic E-state index is 13.7. The highest BCUT2D eigenvalue weighted by atomic mass is 19.1. The van der Waals surface area contributed by atoms with Crippen molar-refractivity contribution in [3.8, 4) is 5.75 Å². The third-order valence-corrected chi connectivity index (χ3v) is 6.74. The smallest absolute Gasteiger partial charge is 0.123 e. The standard InChI is InChI=1S/C20H24FNO/c21-17-3-4-19-18(11-17)20(13-23-19)5-7-22(8-6-20)12-16-10-14-1-2-15(16)9-14/h1-4,11,14-16H,5-10,12-13H2/t14-,15+,16+/m0/s1. The fraction of sp³-hybridized carbons (Fsp3) is 0.600. The molecule has 5 rings (SSSR count). The van der Waals surface area contributed by atoms with Gasteiger partial charge in [0.15, 0.2) is 0 Å². The molecular weight excluding hydrogens is 289 g/mol. The van der Waals surface area contributed by atoms with Crippen LogP contribution in [-0.2, 0) is 5.41 Å². The van der Waals surface area contributed by atoms with E-state index >= 15 is 0 Å². The SMILES string of the molecule is Fc1ccc2c(c1)C1(CCN(C[C@H]3C[C@H]4C=C[C@@H]3C4)CC1)CO2. The monoisotopic (exact) mass is 313 g/mol. The van der Waals surface area contributed by atoms with Crippen LogP contribution in [0.1, 0.15) is 31.2 Å². The van der Waals surface area contributed by atoms with Crippen molar-refractivity contribution in [1.82, 2.24) is 4.90 Å². The van der Waals surface area contributed by atoms with Crippen molar-refractivity contribution in [2.24, 2.45) is 17.8 Å². The van der Waals surface area contributed by atoms with Crippen molar-refractivity contribution in [3.05, 3.63) is 41.7 Å². The van der Waals surface area contributed by atoms with E-state index in [2.05, 4.69) is 17.1 Å². The molecule has 2 heterocycles. The lowest BCUT2D eigenvalue weighted by molar-refractivity contribution is 0.116. The van der Waals surface area contributed by atoms with Crippen LogP contribution in [0.25, 0.3) is 0 Å². The number of hydrogen-bond acceptors (Lipinski definition) is 2. The van der Waals surface area contributed by atoms with Crippen LogP contribution >= 0.6 is 0 Å². The number of hydrogen-bond donors (Lipinski definition) is 0. The molecule has 1 aromatic rings. The van der Waals surface area contributed by atoms with Gasteiger partial charge in [0.2, 0.25) is 0 Å². The summed E-state index contributed by atoms with van der Waals surface area (Å²) in [7, 11) is 0. The number of piperidine rings is 1. The van der Waals surface area contributed by atoms with Crippen LogP contribution in [0.5, 0.6) is 5.75 Å². The molecule has 2 aliphatic heterocycles. The van der Waals surface area contributed by atoms with Gasteiger partial charge in [0.1, 0.15) is 11.6 Å². The number of ether oxygens (including phenoxy) is 1. The highest BCUT2D eigenvalue weighted by Crippen LogP contribution is 2.47. The van der Waals surface area contributed by atoms with Crippen LogP contribution in [0, 0.1) is 23.6 Å². The molecule has 4 aliphatic rings.